The molecular weight excluding hydrogens is 362 g/mol. The fourth-order valence-corrected chi connectivity index (χ4v) is 5.17. The van der Waals surface area contributed by atoms with Crippen molar-refractivity contribution in [3.8, 4) is 5.75 Å². The Morgan fingerprint density at radius 1 is 1.08 bits per heavy atom. The lowest BCUT2D eigenvalue weighted by Crippen LogP contribution is -2.39. The molecule has 2 aromatic heterocycles. The van der Waals surface area contributed by atoms with Crippen LogP contribution in [-0.4, -0.2) is 24.0 Å². The summed E-state index contributed by atoms with van der Waals surface area (Å²) in [5.41, 5.74) is 1.30. The summed E-state index contributed by atoms with van der Waals surface area (Å²) in [4.78, 5) is 17.6. The lowest BCUT2D eigenvalue weighted by Gasteiger charge is -2.35. The Kier molecular flexibility index (Phi) is 5.37. The van der Waals surface area contributed by atoms with Crippen molar-refractivity contribution >= 4 is 28.6 Å². The number of hydrogen-bond acceptors (Lipinski definition) is 4. The van der Waals surface area contributed by atoms with Crippen LogP contribution in [0.1, 0.15) is 34.2 Å². The molecule has 3 nitrogen and oxygen atoms in total. The van der Waals surface area contributed by atoms with Crippen molar-refractivity contribution < 1.29 is 9.53 Å². The van der Waals surface area contributed by atoms with Crippen molar-refractivity contribution in [2.75, 3.05) is 13.2 Å². The standard InChI is InChI=1S/C21H21NO2S2/c23-20(9-4-13-24-16-6-2-1-3-7-16)22-12-10-18-17(11-15-26-18)21(22)19-8-5-14-25-19/h1-3,5-8,11,14-15,21H,4,9-10,12-13H2/t21-/m0/s1. The summed E-state index contributed by atoms with van der Waals surface area (Å²) in [6, 6.07) is 16.2. The molecule has 0 saturated heterocycles. The second kappa shape index (κ2) is 8.06. The maximum absolute atomic E-state index is 12.9. The summed E-state index contributed by atoms with van der Waals surface area (Å²) >= 11 is 3.54. The first kappa shape index (κ1) is 17.3. The van der Waals surface area contributed by atoms with E-state index in [1.54, 1.807) is 22.7 Å². The van der Waals surface area contributed by atoms with E-state index in [1.807, 2.05) is 30.3 Å². The van der Waals surface area contributed by atoms with Crippen LogP contribution >= 0.6 is 22.7 Å². The number of carbonyl (C=O) groups is 1. The number of nitrogens with zero attached hydrogens (tertiary/aromatic N) is 1. The molecule has 0 N–H and O–H groups in total. The van der Waals surface area contributed by atoms with Crippen molar-refractivity contribution in [3.05, 3.63) is 74.6 Å². The molecule has 3 heterocycles. The van der Waals surface area contributed by atoms with Crippen LogP contribution in [0.4, 0.5) is 0 Å². The fraction of sp³-hybridized carbons (Fsp3) is 0.286. The van der Waals surface area contributed by atoms with E-state index >= 15 is 0 Å². The van der Waals surface area contributed by atoms with Crippen LogP contribution in [-0.2, 0) is 11.2 Å². The molecule has 5 heteroatoms. The van der Waals surface area contributed by atoms with Gasteiger partial charge in [-0.25, -0.2) is 0 Å². The van der Waals surface area contributed by atoms with Crippen LogP contribution in [0.3, 0.4) is 0 Å². The number of ether oxygens (including phenoxy) is 1. The molecule has 0 aliphatic carbocycles. The summed E-state index contributed by atoms with van der Waals surface area (Å²) in [6.45, 7) is 1.37. The van der Waals surface area contributed by atoms with Crippen molar-refractivity contribution in [1.82, 2.24) is 4.90 Å². The number of para-hydroxylation sites is 1. The highest BCUT2D eigenvalue weighted by molar-refractivity contribution is 7.10. The molecule has 0 unspecified atom stereocenters. The fourth-order valence-electron chi connectivity index (χ4n) is 3.41. The van der Waals surface area contributed by atoms with Gasteiger partial charge in [0.05, 0.1) is 12.6 Å². The number of thiophene rings is 2. The van der Waals surface area contributed by atoms with E-state index in [0.29, 0.717) is 13.0 Å². The predicted octanol–water partition coefficient (Wildman–Crippen LogP) is 5.14. The van der Waals surface area contributed by atoms with Gasteiger partial charge in [-0.05, 0) is 53.4 Å². The topological polar surface area (TPSA) is 29.5 Å². The average molecular weight is 384 g/mol. The second-order valence-corrected chi connectivity index (χ2v) is 8.30. The van der Waals surface area contributed by atoms with Gasteiger partial charge in [0, 0.05) is 22.7 Å². The molecule has 134 valence electrons. The molecular formula is C21H21NO2S2. The zero-order chi connectivity index (χ0) is 17.8. The Morgan fingerprint density at radius 3 is 2.77 bits per heavy atom. The normalized spacial score (nSPS) is 16.3. The molecule has 26 heavy (non-hydrogen) atoms. The molecule has 0 fully saturated rings. The molecule has 1 aromatic carbocycles. The molecule has 3 aromatic rings. The molecule has 1 aliphatic heterocycles. The Bertz CT molecular complexity index is 842. The third-order valence-corrected chi connectivity index (χ3v) is 6.57. The number of benzene rings is 1. The maximum atomic E-state index is 12.9. The van der Waals surface area contributed by atoms with Gasteiger partial charge < -0.3 is 9.64 Å². The minimum Gasteiger partial charge on any atom is -0.494 e. The van der Waals surface area contributed by atoms with E-state index in [1.165, 1.54) is 15.3 Å². The quantitative estimate of drug-likeness (QED) is 0.551. The summed E-state index contributed by atoms with van der Waals surface area (Å²) in [7, 11) is 0. The van der Waals surface area contributed by atoms with Gasteiger partial charge in [-0.1, -0.05) is 24.3 Å². The number of hydrogen-bond donors (Lipinski definition) is 0. The van der Waals surface area contributed by atoms with Crippen LogP contribution in [0.5, 0.6) is 5.75 Å². The van der Waals surface area contributed by atoms with Gasteiger partial charge >= 0.3 is 0 Å². The van der Waals surface area contributed by atoms with E-state index in [4.69, 9.17) is 4.74 Å². The van der Waals surface area contributed by atoms with E-state index in [9.17, 15) is 4.79 Å². The monoisotopic (exact) mass is 383 g/mol. The first-order valence-electron chi connectivity index (χ1n) is 8.90. The van der Waals surface area contributed by atoms with E-state index in [0.717, 1.165) is 25.1 Å². The van der Waals surface area contributed by atoms with E-state index < -0.39 is 0 Å². The zero-order valence-corrected chi connectivity index (χ0v) is 16.1. The highest BCUT2D eigenvalue weighted by Gasteiger charge is 2.32. The minimum atomic E-state index is 0.0764. The largest absolute Gasteiger partial charge is 0.494 e. The van der Waals surface area contributed by atoms with Crippen molar-refractivity contribution in [1.29, 1.82) is 0 Å². The number of rotatable bonds is 6. The first-order chi connectivity index (χ1) is 12.8. The summed E-state index contributed by atoms with van der Waals surface area (Å²) in [6.07, 6.45) is 2.22. The Balaban J connectivity index is 1.40. The maximum Gasteiger partial charge on any atom is 0.223 e. The van der Waals surface area contributed by atoms with Gasteiger partial charge in [0.25, 0.3) is 0 Å². The molecule has 0 radical (unpaired) electrons. The van der Waals surface area contributed by atoms with Crippen molar-refractivity contribution in [3.63, 3.8) is 0 Å². The zero-order valence-electron chi connectivity index (χ0n) is 14.5. The van der Waals surface area contributed by atoms with Crippen LogP contribution < -0.4 is 4.74 Å². The molecule has 4 rings (SSSR count). The van der Waals surface area contributed by atoms with Crippen LogP contribution in [0.15, 0.2) is 59.3 Å². The molecule has 1 atom stereocenters. The first-order valence-corrected chi connectivity index (χ1v) is 10.7. The Morgan fingerprint density at radius 2 is 1.96 bits per heavy atom. The van der Waals surface area contributed by atoms with Crippen LogP contribution in [0.2, 0.25) is 0 Å². The van der Waals surface area contributed by atoms with Gasteiger partial charge in [-0.2, -0.15) is 0 Å². The van der Waals surface area contributed by atoms with Crippen molar-refractivity contribution in [2.45, 2.75) is 25.3 Å². The van der Waals surface area contributed by atoms with Gasteiger partial charge in [0.15, 0.2) is 0 Å². The summed E-state index contributed by atoms with van der Waals surface area (Å²) < 4.78 is 5.72. The molecule has 0 bridgehead atoms. The Hall–Kier alpha value is -2.11. The third kappa shape index (κ3) is 3.69. The van der Waals surface area contributed by atoms with Crippen LogP contribution in [0, 0.1) is 0 Å². The van der Waals surface area contributed by atoms with E-state index in [-0.39, 0.29) is 11.9 Å². The molecule has 0 saturated carbocycles. The highest BCUT2D eigenvalue weighted by Crippen LogP contribution is 2.39. The number of amides is 1. The van der Waals surface area contributed by atoms with Crippen LogP contribution in [0.25, 0.3) is 0 Å². The molecule has 0 spiro atoms. The number of carbonyl (C=O) groups excluding carboxylic acids is 1. The number of fused-ring (bicyclic) bond motifs is 1. The van der Waals surface area contributed by atoms with E-state index in [2.05, 4.69) is 33.9 Å². The Labute approximate surface area is 161 Å². The van der Waals surface area contributed by atoms with Gasteiger partial charge in [-0.15, -0.1) is 22.7 Å². The molecule has 1 aliphatic rings. The second-order valence-electron chi connectivity index (χ2n) is 6.32. The van der Waals surface area contributed by atoms with Crippen molar-refractivity contribution in [2.24, 2.45) is 0 Å². The lowest BCUT2D eigenvalue weighted by molar-refractivity contribution is -0.133. The van der Waals surface area contributed by atoms with Gasteiger partial charge in [0.1, 0.15) is 5.75 Å². The van der Waals surface area contributed by atoms with Gasteiger partial charge in [-0.3, -0.25) is 4.79 Å². The summed E-state index contributed by atoms with van der Waals surface area (Å²) in [5, 5.41) is 4.24. The minimum absolute atomic E-state index is 0.0764. The van der Waals surface area contributed by atoms with Gasteiger partial charge in [0.2, 0.25) is 5.91 Å². The molecule has 1 amide bonds. The lowest BCUT2D eigenvalue weighted by atomic mass is 9.98. The average Bonchev–Trinajstić information content (AvgIpc) is 3.36. The smallest absolute Gasteiger partial charge is 0.223 e. The SMILES string of the molecule is O=C(CCCOc1ccccc1)N1CCc2sccc2[C@H]1c1cccs1. The summed E-state index contributed by atoms with van der Waals surface area (Å²) in [5.74, 6) is 1.08. The highest BCUT2D eigenvalue weighted by atomic mass is 32.1. The third-order valence-electron chi connectivity index (χ3n) is 4.65. The predicted molar refractivity (Wildman–Crippen MR) is 107 cm³/mol.